The summed E-state index contributed by atoms with van der Waals surface area (Å²) in [5.74, 6) is 2.33. The molecule has 1 aromatic carbocycles. The largest absolute Gasteiger partial charge is 0.340 e. The molecule has 28 heavy (non-hydrogen) atoms. The molecule has 1 aliphatic rings. The number of H-pyrrole nitrogens is 1. The third kappa shape index (κ3) is 3.05. The van der Waals surface area contributed by atoms with Crippen molar-refractivity contribution in [2.45, 2.75) is 44.4 Å². The molecule has 0 bridgehead atoms. The Kier molecular flexibility index (Phi) is 4.30. The number of halogens is 1. The van der Waals surface area contributed by atoms with Crippen LogP contribution < -0.4 is 0 Å². The molecule has 4 nitrogen and oxygen atoms in total. The molecule has 1 saturated carbocycles. The predicted octanol–water partition coefficient (Wildman–Crippen LogP) is 5.72. The summed E-state index contributed by atoms with van der Waals surface area (Å²) in [6, 6.07) is 8.92. The second-order valence-corrected chi connectivity index (χ2v) is 7.98. The Labute approximate surface area is 163 Å². The van der Waals surface area contributed by atoms with Crippen molar-refractivity contribution in [2.75, 3.05) is 0 Å². The first-order valence-corrected chi connectivity index (χ1v) is 10.0. The van der Waals surface area contributed by atoms with E-state index < -0.39 is 0 Å². The number of pyridine rings is 2. The highest BCUT2D eigenvalue weighted by molar-refractivity contribution is 5.82. The zero-order valence-electron chi connectivity index (χ0n) is 15.9. The molecule has 1 aliphatic carbocycles. The molecule has 1 fully saturated rings. The van der Waals surface area contributed by atoms with Crippen LogP contribution >= 0.6 is 0 Å². The first kappa shape index (κ1) is 17.3. The highest BCUT2D eigenvalue weighted by Crippen LogP contribution is 2.42. The lowest BCUT2D eigenvalue weighted by atomic mass is 9.73. The maximum atomic E-state index is 13.8. The molecule has 1 N–H and O–H groups in total. The second-order valence-electron chi connectivity index (χ2n) is 7.98. The van der Waals surface area contributed by atoms with Gasteiger partial charge in [-0.05, 0) is 73.4 Å². The summed E-state index contributed by atoms with van der Waals surface area (Å²) < 4.78 is 13.8. The van der Waals surface area contributed by atoms with E-state index >= 15 is 0 Å². The maximum absolute atomic E-state index is 13.8. The van der Waals surface area contributed by atoms with Crippen LogP contribution in [0.4, 0.5) is 4.39 Å². The smallest absolute Gasteiger partial charge is 0.123 e. The summed E-state index contributed by atoms with van der Waals surface area (Å²) in [7, 11) is 0. The van der Waals surface area contributed by atoms with E-state index in [-0.39, 0.29) is 5.82 Å². The van der Waals surface area contributed by atoms with Crippen LogP contribution in [0.15, 0.2) is 48.9 Å². The third-order valence-electron chi connectivity index (χ3n) is 6.39. The van der Waals surface area contributed by atoms with Gasteiger partial charge in [0.1, 0.15) is 11.6 Å². The topological polar surface area (TPSA) is 54.5 Å². The highest BCUT2D eigenvalue weighted by Gasteiger charge is 2.29. The van der Waals surface area contributed by atoms with Crippen LogP contribution in [0, 0.1) is 11.7 Å². The van der Waals surface area contributed by atoms with Gasteiger partial charge in [0, 0.05) is 23.7 Å². The summed E-state index contributed by atoms with van der Waals surface area (Å²) in [5.41, 5.74) is 4.11. The minimum Gasteiger partial charge on any atom is -0.340 e. The van der Waals surface area contributed by atoms with E-state index in [9.17, 15) is 4.39 Å². The fraction of sp³-hybridized carbons (Fsp3) is 0.348. The average Bonchev–Trinajstić information content (AvgIpc) is 3.17. The van der Waals surface area contributed by atoms with Crippen LogP contribution in [-0.4, -0.2) is 19.9 Å². The quantitative estimate of drug-likeness (QED) is 0.499. The van der Waals surface area contributed by atoms with Crippen LogP contribution in [-0.2, 0) is 0 Å². The molecule has 0 saturated heterocycles. The molecular weight excluding hydrogens is 351 g/mol. The van der Waals surface area contributed by atoms with E-state index in [1.54, 1.807) is 18.3 Å². The van der Waals surface area contributed by atoms with E-state index in [0.29, 0.717) is 17.8 Å². The van der Waals surface area contributed by atoms with Gasteiger partial charge in [-0.2, -0.15) is 0 Å². The molecule has 3 aromatic heterocycles. The van der Waals surface area contributed by atoms with E-state index in [4.69, 9.17) is 4.98 Å². The van der Waals surface area contributed by atoms with Crippen LogP contribution in [0.5, 0.6) is 0 Å². The fourth-order valence-electron chi connectivity index (χ4n) is 4.74. The minimum atomic E-state index is -0.191. The normalized spacial score (nSPS) is 21.2. The zero-order valence-corrected chi connectivity index (χ0v) is 15.9. The van der Waals surface area contributed by atoms with Crippen molar-refractivity contribution in [3.63, 3.8) is 0 Å². The summed E-state index contributed by atoms with van der Waals surface area (Å²) in [6.45, 7) is 2.27. The van der Waals surface area contributed by atoms with Crippen LogP contribution in [0.3, 0.4) is 0 Å². The van der Waals surface area contributed by atoms with Crippen LogP contribution in [0.2, 0.25) is 0 Å². The van der Waals surface area contributed by atoms with Gasteiger partial charge in [0.25, 0.3) is 0 Å². The molecule has 5 rings (SSSR count). The van der Waals surface area contributed by atoms with Crippen molar-refractivity contribution < 1.29 is 4.39 Å². The maximum Gasteiger partial charge on any atom is 0.123 e. The van der Waals surface area contributed by atoms with Gasteiger partial charge in [0.15, 0.2) is 0 Å². The van der Waals surface area contributed by atoms with Crippen molar-refractivity contribution in [1.82, 2.24) is 19.9 Å². The summed E-state index contributed by atoms with van der Waals surface area (Å²) in [5, 5.41) is 0.962. The third-order valence-corrected chi connectivity index (χ3v) is 6.39. The zero-order chi connectivity index (χ0) is 19.1. The Hall–Kier alpha value is -2.82. The lowest BCUT2D eigenvalue weighted by molar-refractivity contribution is 0.286. The lowest BCUT2D eigenvalue weighted by Crippen LogP contribution is -2.19. The van der Waals surface area contributed by atoms with E-state index in [1.165, 1.54) is 11.6 Å². The van der Waals surface area contributed by atoms with Crippen LogP contribution in [0.25, 0.3) is 21.9 Å². The monoisotopic (exact) mass is 374 g/mol. The number of aromatic nitrogens is 4. The van der Waals surface area contributed by atoms with E-state index in [1.807, 2.05) is 18.5 Å². The Morgan fingerprint density at radius 1 is 1.04 bits per heavy atom. The number of hydrogen-bond donors (Lipinski definition) is 1. The van der Waals surface area contributed by atoms with Gasteiger partial charge in [-0.3, -0.25) is 9.97 Å². The first-order chi connectivity index (χ1) is 13.7. The molecule has 0 amide bonds. The van der Waals surface area contributed by atoms with Crippen LogP contribution in [0.1, 0.15) is 55.8 Å². The molecule has 3 heterocycles. The van der Waals surface area contributed by atoms with Gasteiger partial charge in [-0.25, -0.2) is 9.37 Å². The summed E-state index contributed by atoms with van der Waals surface area (Å²) in [6.07, 6.45) is 10.0. The number of nitrogens with one attached hydrogen (secondary N) is 1. The fourth-order valence-corrected chi connectivity index (χ4v) is 4.74. The Bertz CT molecular complexity index is 1090. The van der Waals surface area contributed by atoms with Crippen molar-refractivity contribution in [2.24, 2.45) is 5.92 Å². The number of hydrogen-bond acceptors (Lipinski definition) is 3. The summed E-state index contributed by atoms with van der Waals surface area (Å²) in [4.78, 5) is 16.8. The first-order valence-electron chi connectivity index (χ1n) is 10.0. The van der Waals surface area contributed by atoms with Gasteiger partial charge in [-0.1, -0.05) is 6.92 Å². The predicted molar refractivity (Wildman–Crippen MR) is 109 cm³/mol. The van der Waals surface area contributed by atoms with Crippen molar-refractivity contribution in [1.29, 1.82) is 0 Å². The number of benzene rings is 1. The van der Waals surface area contributed by atoms with E-state index in [0.717, 1.165) is 53.4 Å². The number of imidazole rings is 1. The van der Waals surface area contributed by atoms with Gasteiger partial charge in [-0.15, -0.1) is 0 Å². The summed E-state index contributed by atoms with van der Waals surface area (Å²) >= 11 is 0. The van der Waals surface area contributed by atoms with Crippen molar-refractivity contribution in [3.8, 4) is 0 Å². The number of nitrogens with zero attached hydrogens (tertiary/aromatic N) is 3. The SMILES string of the molecule is CC(c1nc2ccncc2[nH]1)C1CCC(c2ccnc3ccc(F)cc23)CC1. The molecule has 1 unspecified atom stereocenters. The lowest BCUT2D eigenvalue weighted by Gasteiger charge is -2.32. The van der Waals surface area contributed by atoms with Gasteiger partial charge < -0.3 is 4.98 Å². The number of aromatic amines is 1. The Balaban J connectivity index is 1.34. The van der Waals surface area contributed by atoms with Crippen molar-refractivity contribution >= 4 is 21.9 Å². The van der Waals surface area contributed by atoms with Crippen molar-refractivity contribution in [3.05, 3.63) is 66.1 Å². The average molecular weight is 374 g/mol. The number of fused-ring (bicyclic) bond motifs is 2. The second kappa shape index (κ2) is 6.97. The molecule has 5 heteroatoms. The Morgan fingerprint density at radius 2 is 1.89 bits per heavy atom. The molecule has 0 spiro atoms. The molecule has 0 radical (unpaired) electrons. The number of rotatable bonds is 3. The Morgan fingerprint density at radius 3 is 2.71 bits per heavy atom. The van der Waals surface area contributed by atoms with Gasteiger partial charge in [0.2, 0.25) is 0 Å². The molecular formula is C23H23FN4. The van der Waals surface area contributed by atoms with Gasteiger partial charge >= 0.3 is 0 Å². The minimum absolute atomic E-state index is 0.191. The standard InChI is InChI=1S/C23H23FN4/c1-14(23-27-21-9-10-25-13-22(21)28-23)15-2-4-16(5-3-15)18-8-11-26-20-7-6-17(24)12-19(18)20/h6-16H,2-5H2,1H3,(H,27,28). The van der Waals surface area contributed by atoms with Gasteiger partial charge in [0.05, 0.1) is 22.7 Å². The molecule has 0 aliphatic heterocycles. The molecule has 142 valence electrons. The highest BCUT2D eigenvalue weighted by atomic mass is 19.1. The van der Waals surface area contributed by atoms with E-state index in [2.05, 4.69) is 27.9 Å². The molecule has 4 aromatic rings. The molecule has 1 atom stereocenters.